The van der Waals surface area contributed by atoms with Crippen LogP contribution in [0.25, 0.3) is 0 Å². The first-order chi connectivity index (χ1) is 9.29. The van der Waals surface area contributed by atoms with Crippen molar-refractivity contribution in [3.63, 3.8) is 0 Å². The first kappa shape index (κ1) is 14.5. The molecule has 0 unspecified atom stereocenters. The molecule has 1 saturated carbocycles. The van der Waals surface area contributed by atoms with Gasteiger partial charge in [-0.1, -0.05) is 43.5 Å². The zero-order chi connectivity index (χ0) is 13.5. The second kappa shape index (κ2) is 7.66. The van der Waals surface area contributed by atoms with E-state index in [1.54, 1.807) is 7.11 Å². The van der Waals surface area contributed by atoms with Gasteiger partial charge in [-0.3, -0.25) is 0 Å². The Kier molecular flexibility index (Phi) is 5.87. The lowest BCUT2D eigenvalue weighted by atomic mass is 9.84. The van der Waals surface area contributed by atoms with E-state index in [-0.39, 0.29) is 0 Å². The summed E-state index contributed by atoms with van der Waals surface area (Å²) in [5.41, 5.74) is 2.62. The van der Waals surface area contributed by atoms with Crippen LogP contribution in [0.4, 0.5) is 0 Å². The number of hydrogen-bond acceptors (Lipinski definition) is 2. The molecule has 19 heavy (non-hydrogen) atoms. The van der Waals surface area contributed by atoms with Gasteiger partial charge in [0.25, 0.3) is 0 Å². The lowest BCUT2D eigenvalue weighted by Crippen LogP contribution is -2.34. The van der Waals surface area contributed by atoms with Crippen LogP contribution < -0.4 is 5.32 Å². The van der Waals surface area contributed by atoms with Crippen LogP contribution in [-0.2, 0) is 17.9 Å². The SMILES string of the molecule is COCc1cccc(CN[C@H](C)C2CCCCC2)c1. The molecule has 2 rings (SSSR count). The molecule has 0 heterocycles. The summed E-state index contributed by atoms with van der Waals surface area (Å²) in [4.78, 5) is 0. The van der Waals surface area contributed by atoms with Gasteiger partial charge in [-0.05, 0) is 36.8 Å². The molecular weight excluding hydrogens is 234 g/mol. The number of nitrogens with one attached hydrogen (secondary N) is 1. The zero-order valence-corrected chi connectivity index (χ0v) is 12.3. The third-order valence-electron chi connectivity index (χ3n) is 4.29. The highest BCUT2D eigenvalue weighted by Crippen LogP contribution is 2.26. The molecule has 0 bridgehead atoms. The Balaban J connectivity index is 1.82. The van der Waals surface area contributed by atoms with E-state index >= 15 is 0 Å². The Hall–Kier alpha value is -0.860. The standard InChI is InChI=1S/C17H27NO/c1-14(17-9-4-3-5-10-17)18-12-15-7-6-8-16(11-15)13-19-2/h6-8,11,14,17-18H,3-5,9-10,12-13H2,1-2H3/t14-/m1/s1. The van der Waals surface area contributed by atoms with Crippen molar-refractivity contribution in [3.05, 3.63) is 35.4 Å². The summed E-state index contributed by atoms with van der Waals surface area (Å²) in [5, 5.41) is 3.70. The fourth-order valence-corrected chi connectivity index (χ4v) is 3.08. The number of rotatable bonds is 6. The highest BCUT2D eigenvalue weighted by molar-refractivity contribution is 5.22. The van der Waals surface area contributed by atoms with E-state index in [1.165, 1.54) is 43.2 Å². The maximum atomic E-state index is 5.18. The second-order valence-corrected chi connectivity index (χ2v) is 5.82. The molecule has 0 saturated heterocycles. The van der Waals surface area contributed by atoms with Crippen LogP contribution >= 0.6 is 0 Å². The van der Waals surface area contributed by atoms with Crippen LogP contribution in [0, 0.1) is 5.92 Å². The minimum Gasteiger partial charge on any atom is -0.380 e. The Bertz CT molecular complexity index is 371. The van der Waals surface area contributed by atoms with E-state index < -0.39 is 0 Å². The summed E-state index contributed by atoms with van der Waals surface area (Å²) >= 11 is 0. The molecule has 0 amide bonds. The summed E-state index contributed by atoms with van der Waals surface area (Å²) < 4.78 is 5.18. The third kappa shape index (κ3) is 4.63. The monoisotopic (exact) mass is 261 g/mol. The summed E-state index contributed by atoms with van der Waals surface area (Å²) in [6, 6.07) is 9.31. The number of benzene rings is 1. The minimum absolute atomic E-state index is 0.631. The first-order valence-electron chi connectivity index (χ1n) is 7.59. The molecule has 0 aliphatic heterocycles. The van der Waals surface area contributed by atoms with Crippen molar-refractivity contribution < 1.29 is 4.74 Å². The maximum Gasteiger partial charge on any atom is 0.0713 e. The Morgan fingerprint density at radius 2 is 1.95 bits per heavy atom. The summed E-state index contributed by atoms with van der Waals surface area (Å²) in [7, 11) is 1.75. The molecule has 2 nitrogen and oxygen atoms in total. The van der Waals surface area contributed by atoms with Gasteiger partial charge in [-0.25, -0.2) is 0 Å². The number of hydrogen-bond donors (Lipinski definition) is 1. The Morgan fingerprint density at radius 3 is 2.68 bits per heavy atom. The molecule has 0 aromatic heterocycles. The fourth-order valence-electron chi connectivity index (χ4n) is 3.08. The van der Waals surface area contributed by atoms with Crippen LogP contribution in [0.15, 0.2) is 24.3 Å². The van der Waals surface area contributed by atoms with Gasteiger partial charge < -0.3 is 10.1 Å². The van der Waals surface area contributed by atoms with Gasteiger partial charge >= 0.3 is 0 Å². The van der Waals surface area contributed by atoms with Crippen LogP contribution in [0.5, 0.6) is 0 Å². The number of methoxy groups -OCH3 is 1. The first-order valence-corrected chi connectivity index (χ1v) is 7.59. The number of ether oxygens (including phenoxy) is 1. The molecule has 1 N–H and O–H groups in total. The highest BCUT2D eigenvalue weighted by atomic mass is 16.5. The summed E-state index contributed by atoms with van der Waals surface area (Å²) in [6.45, 7) is 4.01. The van der Waals surface area contributed by atoms with E-state index in [4.69, 9.17) is 4.74 Å². The van der Waals surface area contributed by atoms with E-state index in [0.29, 0.717) is 12.6 Å². The van der Waals surface area contributed by atoms with Crippen molar-refractivity contribution in [3.8, 4) is 0 Å². The van der Waals surface area contributed by atoms with Gasteiger partial charge in [-0.2, -0.15) is 0 Å². The Labute approximate surface area is 117 Å². The largest absolute Gasteiger partial charge is 0.380 e. The molecule has 1 fully saturated rings. The predicted octanol–water partition coefficient (Wildman–Crippen LogP) is 3.89. The minimum atomic E-state index is 0.631. The molecule has 0 radical (unpaired) electrons. The van der Waals surface area contributed by atoms with Crippen molar-refractivity contribution in [2.24, 2.45) is 5.92 Å². The van der Waals surface area contributed by atoms with Crippen molar-refractivity contribution >= 4 is 0 Å². The maximum absolute atomic E-state index is 5.18. The van der Waals surface area contributed by atoms with Crippen LogP contribution in [0.3, 0.4) is 0 Å². The molecule has 2 heteroatoms. The topological polar surface area (TPSA) is 21.3 Å². The average molecular weight is 261 g/mol. The van der Waals surface area contributed by atoms with Crippen molar-refractivity contribution in [2.45, 2.75) is 58.2 Å². The average Bonchev–Trinajstić information content (AvgIpc) is 2.46. The lowest BCUT2D eigenvalue weighted by molar-refractivity contribution is 0.185. The van der Waals surface area contributed by atoms with E-state index in [1.807, 2.05) is 0 Å². The second-order valence-electron chi connectivity index (χ2n) is 5.82. The van der Waals surface area contributed by atoms with Crippen LogP contribution in [0.2, 0.25) is 0 Å². The smallest absolute Gasteiger partial charge is 0.0713 e. The van der Waals surface area contributed by atoms with Gasteiger partial charge in [0, 0.05) is 19.7 Å². The molecular formula is C17H27NO. The van der Waals surface area contributed by atoms with E-state index in [2.05, 4.69) is 36.5 Å². The molecule has 1 aromatic rings. The predicted molar refractivity (Wildman–Crippen MR) is 80.0 cm³/mol. The van der Waals surface area contributed by atoms with Crippen molar-refractivity contribution in [1.29, 1.82) is 0 Å². The van der Waals surface area contributed by atoms with Crippen LogP contribution in [-0.4, -0.2) is 13.2 Å². The molecule has 1 aliphatic carbocycles. The zero-order valence-electron chi connectivity index (χ0n) is 12.3. The van der Waals surface area contributed by atoms with Gasteiger partial charge in [0.2, 0.25) is 0 Å². The fraction of sp³-hybridized carbons (Fsp3) is 0.647. The summed E-state index contributed by atoms with van der Waals surface area (Å²) in [5.74, 6) is 0.871. The van der Waals surface area contributed by atoms with E-state index in [9.17, 15) is 0 Å². The molecule has 1 atom stereocenters. The molecule has 0 spiro atoms. The Morgan fingerprint density at radius 1 is 1.21 bits per heavy atom. The normalized spacial score (nSPS) is 18.4. The molecule has 106 valence electrons. The quantitative estimate of drug-likeness (QED) is 0.838. The van der Waals surface area contributed by atoms with Crippen LogP contribution in [0.1, 0.15) is 50.2 Å². The van der Waals surface area contributed by atoms with E-state index in [0.717, 1.165) is 12.5 Å². The lowest BCUT2D eigenvalue weighted by Gasteiger charge is -2.28. The van der Waals surface area contributed by atoms with Crippen molar-refractivity contribution in [1.82, 2.24) is 5.32 Å². The van der Waals surface area contributed by atoms with Gasteiger partial charge in [0.1, 0.15) is 0 Å². The van der Waals surface area contributed by atoms with Gasteiger partial charge in [0.05, 0.1) is 6.61 Å². The van der Waals surface area contributed by atoms with Gasteiger partial charge in [-0.15, -0.1) is 0 Å². The van der Waals surface area contributed by atoms with Gasteiger partial charge in [0.15, 0.2) is 0 Å². The third-order valence-corrected chi connectivity index (χ3v) is 4.29. The highest BCUT2D eigenvalue weighted by Gasteiger charge is 2.19. The van der Waals surface area contributed by atoms with Crippen molar-refractivity contribution in [2.75, 3.05) is 7.11 Å². The molecule has 1 aromatic carbocycles. The molecule has 1 aliphatic rings. The summed E-state index contributed by atoms with van der Waals surface area (Å²) in [6.07, 6.45) is 7.07.